The van der Waals surface area contributed by atoms with Crippen molar-refractivity contribution in [2.24, 2.45) is 0 Å². The van der Waals surface area contributed by atoms with E-state index in [1.54, 1.807) is 18.2 Å². The number of nitrogens with zero attached hydrogens (tertiary/aromatic N) is 1. The van der Waals surface area contributed by atoms with Crippen molar-refractivity contribution in [2.45, 2.75) is 13.8 Å². The summed E-state index contributed by atoms with van der Waals surface area (Å²) in [5.41, 5.74) is 4.95. The second kappa shape index (κ2) is 8.38. The van der Waals surface area contributed by atoms with Gasteiger partial charge in [0.05, 0.1) is 5.02 Å². The lowest BCUT2D eigenvalue weighted by atomic mass is 10.1. The Balaban J connectivity index is 1.50. The Labute approximate surface area is 183 Å². The summed E-state index contributed by atoms with van der Waals surface area (Å²) in [7, 11) is 0. The van der Waals surface area contributed by atoms with Crippen LogP contribution < -0.4 is 10.1 Å². The molecule has 0 saturated carbocycles. The highest BCUT2D eigenvalue weighted by atomic mass is 35.5. The predicted molar refractivity (Wildman–Crippen MR) is 120 cm³/mol. The van der Waals surface area contributed by atoms with E-state index in [1.165, 1.54) is 0 Å². The van der Waals surface area contributed by atoms with Crippen LogP contribution in [0.2, 0.25) is 10.0 Å². The van der Waals surface area contributed by atoms with Crippen molar-refractivity contribution in [1.29, 1.82) is 0 Å². The van der Waals surface area contributed by atoms with E-state index in [4.69, 9.17) is 32.4 Å². The van der Waals surface area contributed by atoms with Gasteiger partial charge in [0, 0.05) is 16.3 Å². The number of hydrogen-bond donors (Lipinski definition) is 1. The van der Waals surface area contributed by atoms with E-state index in [0.29, 0.717) is 27.4 Å². The topological polar surface area (TPSA) is 64.4 Å². The summed E-state index contributed by atoms with van der Waals surface area (Å²) in [4.78, 5) is 17.0. The molecule has 0 saturated heterocycles. The Hall–Kier alpha value is -3.02. The number of carbonyl (C=O) groups excluding carboxylic acids is 1. The molecular formula is C23H18Cl2N2O3. The predicted octanol–water partition coefficient (Wildman–Crippen LogP) is 6.44. The number of amides is 1. The minimum atomic E-state index is -0.311. The number of hydrogen-bond acceptors (Lipinski definition) is 4. The van der Waals surface area contributed by atoms with E-state index in [-0.39, 0.29) is 12.5 Å². The standard InChI is InChI=1S/C23H18Cl2N2O3/c1-13-3-7-21-19(9-13)27-23(30-21)15-5-4-14(2)18(10-15)26-22(28)12-29-20-8-6-16(24)11-17(20)25/h3-11H,12H2,1-2H3,(H,26,28). The molecule has 0 unspecified atom stereocenters. The zero-order valence-electron chi connectivity index (χ0n) is 16.3. The Morgan fingerprint density at radius 3 is 2.70 bits per heavy atom. The van der Waals surface area contributed by atoms with Crippen molar-refractivity contribution < 1.29 is 13.9 Å². The number of benzene rings is 3. The van der Waals surface area contributed by atoms with E-state index in [9.17, 15) is 4.79 Å². The molecule has 0 aliphatic rings. The number of oxazole rings is 1. The smallest absolute Gasteiger partial charge is 0.262 e. The lowest BCUT2D eigenvalue weighted by Gasteiger charge is -2.11. The third-order valence-electron chi connectivity index (χ3n) is 4.55. The molecule has 0 bridgehead atoms. The summed E-state index contributed by atoms with van der Waals surface area (Å²) < 4.78 is 11.4. The number of carbonyl (C=O) groups is 1. The molecule has 4 aromatic rings. The number of halogens is 2. The normalized spacial score (nSPS) is 10.9. The van der Waals surface area contributed by atoms with Crippen molar-refractivity contribution >= 4 is 45.9 Å². The minimum Gasteiger partial charge on any atom is -0.482 e. The fourth-order valence-corrected chi connectivity index (χ4v) is 3.44. The van der Waals surface area contributed by atoms with Gasteiger partial charge in [0.1, 0.15) is 11.3 Å². The minimum absolute atomic E-state index is 0.187. The van der Waals surface area contributed by atoms with Gasteiger partial charge < -0.3 is 14.5 Å². The molecular weight excluding hydrogens is 423 g/mol. The van der Waals surface area contributed by atoms with E-state index >= 15 is 0 Å². The molecule has 3 aromatic carbocycles. The van der Waals surface area contributed by atoms with Gasteiger partial charge in [-0.05, 0) is 67.4 Å². The molecule has 5 nitrogen and oxygen atoms in total. The summed E-state index contributed by atoms with van der Waals surface area (Å²) in [5.74, 6) is 0.577. The van der Waals surface area contributed by atoms with Crippen LogP contribution in [0.5, 0.6) is 5.75 Å². The fourth-order valence-electron chi connectivity index (χ4n) is 2.97. The van der Waals surface area contributed by atoms with Gasteiger partial charge in [-0.15, -0.1) is 0 Å². The van der Waals surface area contributed by atoms with E-state index in [0.717, 1.165) is 27.8 Å². The molecule has 30 heavy (non-hydrogen) atoms. The highest BCUT2D eigenvalue weighted by molar-refractivity contribution is 6.35. The second-order valence-corrected chi connectivity index (χ2v) is 7.78. The highest BCUT2D eigenvalue weighted by Gasteiger charge is 2.13. The SMILES string of the molecule is Cc1ccc2oc(-c3ccc(C)c(NC(=O)COc4ccc(Cl)cc4Cl)c3)nc2c1. The molecule has 0 spiro atoms. The first kappa shape index (κ1) is 20.3. The number of nitrogens with one attached hydrogen (secondary N) is 1. The molecule has 1 aromatic heterocycles. The average Bonchev–Trinajstić information content (AvgIpc) is 3.12. The Morgan fingerprint density at radius 2 is 1.90 bits per heavy atom. The molecule has 0 aliphatic carbocycles. The van der Waals surface area contributed by atoms with E-state index in [1.807, 2.05) is 50.2 Å². The van der Waals surface area contributed by atoms with Crippen LogP contribution in [0.4, 0.5) is 5.69 Å². The van der Waals surface area contributed by atoms with Crippen molar-refractivity contribution in [1.82, 2.24) is 4.98 Å². The Bertz CT molecular complexity index is 1250. The van der Waals surface area contributed by atoms with Gasteiger partial charge in [0.25, 0.3) is 5.91 Å². The maximum absolute atomic E-state index is 12.4. The molecule has 0 radical (unpaired) electrons. The van der Waals surface area contributed by atoms with Crippen LogP contribution in [-0.2, 0) is 4.79 Å². The third-order valence-corrected chi connectivity index (χ3v) is 5.08. The zero-order valence-corrected chi connectivity index (χ0v) is 17.8. The first-order valence-electron chi connectivity index (χ1n) is 9.25. The van der Waals surface area contributed by atoms with Gasteiger partial charge in [-0.1, -0.05) is 35.3 Å². The van der Waals surface area contributed by atoms with Gasteiger partial charge in [-0.3, -0.25) is 4.79 Å². The van der Waals surface area contributed by atoms with Gasteiger partial charge in [-0.2, -0.15) is 0 Å². The number of fused-ring (bicyclic) bond motifs is 1. The number of rotatable bonds is 5. The molecule has 0 fully saturated rings. The molecule has 7 heteroatoms. The largest absolute Gasteiger partial charge is 0.482 e. The third kappa shape index (κ3) is 4.42. The van der Waals surface area contributed by atoms with E-state index in [2.05, 4.69) is 10.3 Å². The van der Waals surface area contributed by atoms with Crippen LogP contribution >= 0.6 is 23.2 Å². The van der Waals surface area contributed by atoms with Crippen LogP contribution in [0.15, 0.2) is 59.0 Å². The van der Waals surface area contributed by atoms with Crippen LogP contribution in [0.3, 0.4) is 0 Å². The highest BCUT2D eigenvalue weighted by Crippen LogP contribution is 2.29. The quantitative estimate of drug-likeness (QED) is 0.387. The molecule has 152 valence electrons. The molecule has 0 aliphatic heterocycles. The molecule has 4 rings (SSSR count). The maximum Gasteiger partial charge on any atom is 0.262 e. The summed E-state index contributed by atoms with van der Waals surface area (Å²) in [5, 5.41) is 3.71. The fraction of sp³-hybridized carbons (Fsp3) is 0.130. The summed E-state index contributed by atoms with van der Waals surface area (Å²) >= 11 is 11.9. The first-order chi connectivity index (χ1) is 14.4. The zero-order chi connectivity index (χ0) is 21.3. The lowest BCUT2D eigenvalue weighted by Crippen LogP contribution is -2.20. The van der Waals surface area contributed by atoms with Gasteiger partial charge in [-0.25, -0.2) is 4.98 Å². The van der Waals surface area contributed by atoms with Crippen molar-refractivity contribution in [3.63, 3.8) is 0 Å². The maximum atomic E-state index is 12.4. The van der Waals surface area contributed by atoms with Crippen molar-refractivity contribution in [3.05, 3.63) is 75.8 Å². The first-order valence-corrected chi connectivity index (χ1v) is 10.0. The summed E-state index contributed by atoms with van der Waals surface area (Å²) in [6, 6.07) is 16.3. The summed E-state index contributed by atoms with van der Waals surface area (Å²) in [6.07, 6.45) is 0. The number of aromatic nitrogens is 1. The van der Waals surface area contributed by atoms with Gasteiger partial charge in [0.2, 0.25) is 5.89 Å². The Kier molecular flexibility index (Phi) is 5.66. The van der Waals surface area contributed by atoms with Crippen molar-refractivity contribution in [2.75, 3.05) is 11.9 Å². The number of aryl methyl sites for hydroxylation is 2. The molecule has 1 N–H and O–H groups in total. The molecule has 1 heterocycles. The summed E-state index contributed by atoms with van der Waals surface area (Å²) in [6.45, 7) is 3.73. The lowest BCUT2D eigenvalue weighted by molar-refractivity contribution is -0.118. The number of ether oxygens (including phenoxy) is 1. The van der Waals surface area contributed by atoms with Crippen LogP contribution in [0, 0.1) is 13.8 Å². The average molecular weight is 441 g/mol. The Morgan fingerprint density at radius 1 is 1.07 bits per heavy atom. The van der Waals surface area contributed by atoms with Crippen molar-refractivity contribution in [3.8, 4) is 17.2 Å². The van der Waals surface area contributed by atoms with Crippen LogP contribution in [-0.4, -0.2) is 17.5 Å². The second-order valence-electron chi connectivity index (χ2n) is 6.93. The van der Waals surface area contributed by atoms with Gasteiger partial charge in [0.15, 0.2) is 12.2 Å². The van der Waals surface area contributed by atoms with Gasteiger partial charge >= 0.3 is 0 Å². The van der Waals surface area contributed by atoms with Crippen LogP contribution in [0.25, 0.3) is 22.6 Å². The molecule has 1 amide bonds. The number of anilines is 1. The van der Waals surface area contributed by atoms with E-state index < -0.39 is 0 Å². The van der Waals surface area contributed by atoms with Crippen LogP contribution in [0.1, 0.15) is 11.1 Å². The monoisotopic (exact) mass is 440 g/mol. The molecule has 0 atom stereocenters.